The van der Waals surface area contributed by atoms with Crippen molar-refractivity contribution >= 4 is 5.84 Å². The van der Waals surface area contributed by atoms with Crippen LogP contribution in [0.1, 0.15) is 63.9 Å². The first-order valence-corrected chi connectivity index (χ1v) is 9.05. The van der Waals surface area contributed by atoms with Gasteiger partial charge in [-0.25, -0.2) is 0 Å². The van der Waals surface area contributed by atoms with Crippen LogP contribution < -0.4 is 4.74 Å². The molecule has 0 radical (unpaired) electrons. The normalized spacial score (nSPS) is 11.6. The van der Waals surface area contributed by atoms with Crippen LogP contribution >= 0.6 is 0 Å². The fourth-order valence-electron chi connectivity index (χ4n) is 2.66. The van der Waals surface area contributed by atoms with Crippen LogP contribution in [0.4, 0.5) is 0 Å². The van der Waals surface area contributed by atoms with Gasteiger partial charge in [0.05, 0.1) is 7.11 Å². The quantitative estimate of drug-likeness (QED) is 0.320. The van der Waals surface area contributed by atoms with Crippen molar-refractivity contribution in [1.29, 1.82) is 0 Å². The Bertz CT molecular complexity index is 437. The predicted octanol–water partition coefficient (Wildman–Crippen LogP) is 5.14. The van der Waals surface area contributed by atoms with Gasteiger partial charge in [0.2, 0.25) is 0 Å². The predicted molar refractivity (Wildman–Crippen MR) is 101 cm³/mol. The third-order valence-electron chi connectivity index (χ3n) is 4.05. The molecule has 0 heterocycles. The molecule has 0 fully saturated rings. The smallest absolute Gasteiger partial charge is 0.130 e. The van der Waals surface area contributed by atoms with Gasteiger partial charge in [0.15, 0.2) is 0 Å². The number of nitrogens with zero attached hydrogens (tertiary/aromatic N) is 2. The van der Waals surface area contributed by atoms with Gasteiger partial charge in [0.25, 0.3) is 0 Å². The summed E-state index contributed by atoms with van der Waals surface area (Å²) in [5.41, 5.74) is 1.15. The highest BCUT2D eigenvalue weighted by molar-refractivity contribution is 5.98. The molecule has 0 aliphatic carbocycles. The van der Waals surface area contributed by atoms with Gasteiger partial charge in [0.1, 0.15) is 11.6 Å². The van der Waals surface area contributed by atoms with Crippen LogP contribution in [-0.4, -0.2) is 38.5 Å². The number of methoxy groups -OCH3 is 1. The number of rotatable bonds is 11. The van der Waals surface area contributed by atoms with E-state index in [4.69, 9.17) is 9.73 Å². The lowest BCUT2D eigenvalue weighted by Crippen LogP contribution is -2.23. The largest absolute Gasteiger partial charge is 0.497 e. The van der Waals surface area contributed by atoms with Crippen molar-refractivity contribution in [1.82, 2.24) is 4.90 Å². The maximum Gasteiger partial charge on any atom is 0.130 e. The molecular formula is C20H34N2O. The molecular weight excluding hydrogens is 284 g/mol. The van der Waals surface area contributed by atoms with Crippen LogP contribution in [0.25, 0.3) is 0 Å². The Morgan fingerprint density at radius 1 is 0.913 bits per heavy atom. The van der Waals surface area contributed by atoms with E-state index >= 15 is 0 Å². The lowest BCUT2D eigenvalue weighted by Gasteiger charge is -2.16. The van der Waals surface area contributed by atoms with Crippen molar-refractivity contribution in [2.24, 2.45) is 4.99 Å². The van der Waals surface area contributed by atoms with Crippen LogP contribution in [0, 0.1) is 0 Å². The van der Waals surface area contributed by atoms with Gasteiger partial charge < -0.3 is 9.64 Å². The van der Waals surface area contributed by atoms with Crippen LogP contribution in [0.15, 0.2) is 29.3 Å². The second-order valence-corrected chi connectivity index (χ2v) is 6.30. The van der Waals surface area contributed by atoms with Gasteiger partial charge >= 0.3 is 0 Å². The zero-order valence-electron chi connectivity index (χ0n) is 15.5. The summed E-state index contributed by atoms with van der Waals surface area (Å²) in [6.45, 7) is 3.18. The van der Waals surface area contributed by atoms with Crippen molar-refractivity contribution in [2.45, 2.75) is 58.3 Å². The van der Waals surface area contributed by atoms with Crippen LogP contribution in [-0.2, 0) is 0 Å². The Morgan fingerprint density at radius 2 is 1.48 bits per heavy atom. The second kappa shape index (κ2) is 12.0. The number of hydrogen-bond donors (Lipinski definition) is 0. The average Bonchev–Trinajstić information content (AvgIpc) is 2.56. The Labute approximate surface area is 142 Å². The summed E-state index contributed by atoms with van der Waals surface area (Å²) in [6, 6.07) is 8.13. The number of hydrogen-bond acceptors (Lipinski definition) is 2. The molecule has 1 rings (SSSR count). The first-order chi connectivity index (χ1) is 11.2. The molecule has 0 unspecified atom stereocenters. The summed E-state index contributed by atoms with van der Waals surface area (Å²) in [4.78, 5) is 6.89. The van der Waals surface area contributed by atoms with Gasteiger partial charge in [-0.15, -0.1) is 0 Å². The van der Waals surface area contributed by atoms with E-state index in [9.17, 15) is 0 Å². The average molecular weight is 319 g/mol. The highest BCUT2D eigenvalue weighted by Crippen LogP contribution is 2.13. The molecule has 1 aromatic rings. The van der Waals surface area contributed by atoms with Crippen LogP contribution in [0.2, 0.25) is 0 Å². The van der Waals surface area contributed by atoms with Crippen molar-refractivity contribution in [3.63, 3.8) is 0 Å². The molecule has 23 heavy (non-hydrogen) atoms. The van der Waals surface area contributed by atoms with Gasteiger partial charge in [0, 0.05) is 26.2 Å². The molecule has 0 atom stereocenters. The first kappa shape index (κ1) is 19.5. The minimum absolute atomic E-state index is 0.884. The standard InChI is InChI=1S/C20H34N2O/c1-5-6-7-8-9-10-11-12-17-21-20(22(2)3)18-13-15-19(23-4)16-14-18/h13-16H,5-12,17H2,1-4H3. The zero-order chi connectivity index (χ0) is 16.9. The van der Waals surface area contributed by atoms with Crippen molar-refractivity contribution in [3.05, 3.63) is 29.8 Å². The van der Waals surface area contributed by atoms with E-state index in [1.807, 2.05) is 12.1 Å². The summed E-state index contributed by atoms with van der Waals surface area (Å²) in [5, 5.41) is 0. The number of aliphatic imine (C=N–C) groups is 1. The summed E-state index contributed by atoms with van der Waals surface area (Å²) < 4.78 is 5.22. The number of unbranched alkanes of at least 4 members (excludes halogenated alkanes) is 7. The highest BCUT2D eigenvalue weighted by atomic mass is 16.5. The Balaban J connectivity index is 2.35. The maximum atomic E-state index is 5.22. The van der Waals surface area contributed by atoms with Gasteiger partial charge in [-0.2, -0.15) is 0 Å². The SMILES string of the molecule is CCCCCCCCCCN=C(c1ccc(OC)cc1)N(C)C. The van der Waals surface area contributed by atoms with E-state index in [1.165, 1.54) is 51.4 Å². The highest BCUT2D eigenvalue weighted by Gasteiger charge is 2.05. The molecule has 0 saturated heterocycles. The van der Waals surface area contributed by atoms with Gasteiger partial charge in [-0.05, 0) is 30.7 Å². The summed E-state index contributed by atoms with van der Waals surface area (Å²) in [5.74, 6) is 1.94. The van der Waals surface area contributed by atoms with Gasteiger partial charge in [-0.1, -0.05) is 51.9 Å². The van der Waals surface area contributed by atoms with E-state index < -0.39 is 0 Å². The monoisotopic (exact) mass is 318 g/mol. The molecule has 3 heteroatoms. The molecule has 0 amide bonds. The summed E-state index contributed by atoms with van der Waals surface area (Å²) in [6.07, 6.45) is 10.7. The first-order valence-electron chi connectivity index (χ1n) is 9.05. The molecule has 130 valence electrons. The Kier molecular flexibility index (Phi) is 10.2. The third kappa shape index (κ3) is 8.06. The summed E-state index contributed by atoms with van der Waals surface area (Å²) in [7, 11) is 5.80. The van der Waals surface area contributed by atoms with Crippen LogP contribution in [0.3, 0.4) is 0 Å². The van der Waals surface area contributed by atoms with Crippen molar-refractivity contribution in [2.75, 3.05) is 27.7 Å². The molecule has 0 saturated carbocycles. The number of amidine groups is 1. The van der Waals surface area contributed by atoms with Crippen LogP contribution in [0.5, 0.6) is 5.75 Å². The van der Waals surface area contributed by atoms with Gasteiger partial charge in [-0.3, -0.25) is 4.99 Å². The minimum Gasteiger partial charge on any atom is -0.497 e. The van der Waals surface area contributed by atoms with E-state index in [2.05, 4.69) is 38.1 Å². The topological polar surface area (TPSA) is 24.8 Å². The molecule has 0 aliphatic rings. The van der Waals surface area contributed by atoms with E-state index in [0.29, 0.717) is 0 Å². The van der Waals surface area contributed by atoms with Crippen molar-refractivity contribution in [3.8, 4) is 5.75 Å². The Hall–Kier alpha value is -1.51. The minimum atomic E-state index is 0.884. The molecule has 0 aromatic heterocycles. The molecule has 1 aromatic carbocycles. The molecule has 0 aliphatic heterocycles. The Morgan fingerprint density at radius 3 is 2.00 bits per heavy atom. The third-order valence-corrected chi connectivity index (χ3v) is 4.05. The van der Waals surface area contributed by atoms with Crippen molar-refractivity contribution < 1.29 is 4.74 Å². The molecule has 0 spiro atoms. The molecule has 3 nitrogen and oxygen atoms in total. The molecule has 0 N–H and O–H groups in total. The summed E-state index contributed by atoms with van der Waals surface area (Å²) >= 11 is 0. The lowest BCUT2D eigenvalue weighted by atomic mass is 10.1. The number of benzene rings is 1. The fraction of sp³-hybridized carbons (Fsp3) is 0.650. The lowest BCUT2D eigenvalue weighted by molar-refractivity contribution is 0.414. The maximum absolute atomic E-state index is 5.22. The van der Waals surface area contributed by atoms with E-state index in [-0.39, 0.29) is 0 Å². The fourth-order valence-corrected chi connectivity index (χ4v) is 2.66. The second-order valence-electron chi connectivity index (χ2n) is 6.30. The zero-order valence-corrected chi connectivity index (χ0v) is 15.5. The van der Waals surface area contributed by atoms with E-state index in [0.717, 1.165) is 23.7 Å². The molecule has 0 bridgehead atoms. The van der Waals surface area contributed by atoms with E-state index in [1.54, 1.807) is 7.11 Å². The number of ether oxygens (including phenoxy) is 1.